The summed E-state index contributed by atoms with van der Waals surface area (Å²) in [6, 6.07) is 6.77. The number of hydrogen-bond acceptors (Lipinski definition) is 9. The summed E-state index contributed by atoms with van der Waals surface area (Å²) < 4.78 is 35.8. The molecule has 3 aromatic rings. The van der Waals surface area contributed by atoms with Crippen LogP contribution in [0.5, 0.6) is 11.8 Å². The molecule has 7 rings (SSSR count). The van der Waals surface area contributed by atoms with Crippen LogP contribution in [0.3, 0.4) is 0 Å². The number of nitrogens with zero attached hydrogens (tertiary/aromatic N) is 5. The molecule has 3 saturated heterocycles. The molecule has 45 heavy (non-hydrogen) atoms. The summed E-state index contributed by atoms with van der Waals surface area (Å²) in [7, 11) is 0. The van der Waals surface area contributed by atoms with Crippen LogP contribution in [0.1, 0.15) is 55.8 Å². The Morgan fingerprint density at radius 2 is 1.98 bits per heavy atom. The highest BCUT2D eigenvalue weighted by Crippen LogP contribution is 2.42. The number of hydrogen-bond donors (Lipinski definition) is 3. The van der Waals surface area contributed by atoms with Crippen LogP contribution in [0, 0.1) is 11.7 Å². The summed E-state index contributed by atoms with van der Waals surface area (Å²) in [6.07, 6.45) is 3.20. The summed E-state index contributed by atoms with van der Waals surface area (Å²) in [5.74, 6) is 0.508. The van der Waals surface area contributed by atoms with Crippen molar-refractivity contribution in [2.75, 3.05) is 55.7 Å². The molecule has 11 heteroatoms. The maximum absolute atomic E-state index is 15.0. The van der Waals surface area contributed by atoms with Crippen molar-refractivity contribution in [3.63, 3.8) is 0 Å². The highest BCUT2D eigenvalue weighted by molar-refractivity contribution is 5.98. The van der Waals surface area contributed by atoms with Crippen molar-refractivity contribution in [3.05, 3.63) is 46.9 Å². The first-order valence-corrected chi connectivity index (χ1v) is 16.4. The maximum atomic E-state index is 15.0. The van der Waals surface area contributed by atoms with E-state index in [-0.39, 0.29) is 35.6 Å². The second kappa shape index (κ2) is 12.1. The molecule has 0 unspecified atom stereocenters. The maximum Gasteiger partial charge on any atom is 0.318 e. The number of alkyl halides is 1. The van der Waals surface area contributed by atoms with Crippen molar-refractivity contribution in [2.45, 2.75) is 76.2 Å². The van der Waals surface area contributed by atoms with Gasteiger partial charge in [-0.3, -0.25) is 4.90 Å². The monoisotopic (exact) mass is 623 g/mol. The van der Waals surface area contributed by atoms with Gasteiger partial charge in [0.25, 0.3) is 0 Å². The van der Waals surface area contributed by atoms with E-state index in [1.807, 2.05) is 6.92 Å². The largest absolute Gasteiger partial charge is 0.508 e. The Bertz CT molecular complexity index is 1580. The van der Waals surface area contributed by atoms with E-state index in [4.69, 9.17) is 14.7 Å². The molecule has 4 aliphatic rings. The second-order valence-electron chi connectivity index (χ2n) is 13.4. The molecular weight excluding hydrogens is 580 g/mol. The van der Waals surface area contributed by atoms with Gasteiger partial charge in [-0.1, -0.05) is 13.0 Å². The lowest BCUT2D eigenvalue weighted by molar-refractivity contribution is 0.107. The number of rotatable bonds is 7. The molecule has 0 spiro atoms. The van der Waals surface area contributed by atoms with E-state index in [9.17, 15) is 24.1 Å². The van der Waals surface area contributed by atoms with E-state index >= 15 is 0 Å². The van der Waals surface area contributed by atoms with Crippen molar-refractivity contribution in [1.82, 2.24) is 14.9 Å². The van der Waals surface area contributed by atoms with Gasteiger partial charge in [-0.25, -0.2) is 8.78 Å². The Kier molecular flexibility index (Phi) is 8.20. The van der Waals surface area contributed by atoms with Gasteiger partial charge in [0.2, 0.25) is 0 Å². The number of aromatic hydroxyl groups is 1. The van der Waals surface area contributed by atoms with Crippen molar-refractivity contribution >= 4 is 22.3 Å². The van der Waals surface area contributed by atoms with Crippen LogP contribution in [0.25, 0.3) is 10.8 Å². The Labute approximate surface area is 262 Å². The van der Waals surface area contributed by atoms with Gasteiger partial charge >= 0.3 is 6.01 Å². The quantitative estimate of drug-likeness (QED) is 0.359. The zero-order valence-corrected chi connectivity index (χ0v) is 25.9. The van der Waals surface area contributed by atoms with Gasteiger partial charge in [0.1, 0.15) is 30.2 Å². The molecule has 0 saturated carbocycles. The van der Waals surface area contributed by atoms with Crippen LogP contribution in [0.4, 0.5) is 20.3 Å². The zero-order chi connectivity index (χ0) is 31.3. The minimum atomic E-state index is -0.864. The lowest BCUT2D eigenvalue weighted by Crippen LogP contribution is -2.43. The minimum absolute atomic E-state index is 0.0262. The average molecular weight is 624 g/mol. The van der Waals surface area contributed by atoms with Crippen molar-refractivity contribution in [3.8, 4) is 11.8 Å². The normalized spacial score (nSPS) is 27.1. The van der Waals surface area contributed by atoms with Gasteiger partial charge in [-0.15, -0.1) is 0 Å². The third kappa shape index (κ3) is 5.67. The smallest absolute Gasteiger partial charge is 0.318 e. The molecule has 4 aliphatic heterocycles. The molecule has 5 heterocycles. The summed E-state index contributed by atoms with van der Waals surface area (Å²) >= 11 is 0. The number of anilines is 2. The second-order valence-corrected chi connectivity index (χ2v) is 13.4. The molecule has 3 fully saturated rings. The standard InChI is InChI=1S/C34H43F2N5O4/c1-2-26-28(36)5-4-22-13-25(44)14-30(31(22)26)39-11-7-27-29(18-39)37-33(45-20-34-8-3-9-41(34)17-23(35)15-34)38-32(27)40-10-6-24(43)12-21(16-40)19-42/h4-5,13-14,21,23-24,42-44H,2-3,6-12,15-20H2,1H3/t21-,23-,24-,34+/m1/s1. The van der Waals surface area contributed by atoms with Crippen LogP contribution in [0.15, 0.2) is 24.3 Å². The number of phenolic OH excluding ortho intramolecular Hbond substituents is 1. The highest BCUT2D eigenvalue weighted by Gasteiger charge is 2.49. The molecule has 4 atom stereocenters. The van der Waals surface area contributed by atoms with Gasteiger partial charge in [0, 0.05) is 67.8 Å². The van der Waals surface area contributed by atoms with Gasteiger partial charge in [0.05, 0.1) is 23.9 Å². The van der Waals surface area contributed by atoms with E-state index in [1.165, 1.54) is 6.07 Å². The predicted octanol–water partition coefficient (Wildman–Crippen LogP) is 4.12. The lowest BCUT2D eigenvalue weighted by atomic mass is 9.95. The molecule has 1 aromatic heterocycles. The van der Waals surface area contributed by atoms with Crippen molar-refractivity contribution < 1.29 is 28.8 Å². The van der Waals surface area contributed by atoms with Crippen molar-refractivity contribution in [2.24, 2.45) is 5.92 Å². The van der Waals surface area contributed by atoms with Crippen LogP contribution >= 0.6 is 0 Å². The SMILES string of the molecule is CCc1c(F)ccc2cc(O)cc(N3CCc4c(nc(OC[C@@]56CCCN5C[C@H](F)C6)nc4N4CC[C@@H](O)C[C@@H](CO)C4)C3)c12. The first-order chi connectivity index (χ1) is 21.8. The molecule has 0 bridgehead atoms. The lowest BCUT2D eigenvalue weighted by Gasteiger charge is -2.35. The fourth-order valence-corrected chi connectivity index (χ4v) is 8.25. The third-order valence-electron chi connectivity index (χ3n) is 10.5. The molecule has 0 aliphatic carbocycles. The molecule has 9 nitrogen and oxygen atoms in total. The van der Waals surface area contributed by atoms with Crippen LogP contribution in [-0.4, -0.2) is 93.9 Å². The number of aliphatic hydroxyl groups excluding tert-OH is 2. The molecule has 3 N–H and O–H groups in total. The number of phenols is 1. The molecule has 0 amide bonds. The summed E-state index contributed by atoms with van der Waals surface area (Å²) in [4.78, 5) is 16.4. The van der Waals surface area contributed by atoms with Crippen LogP contribution in [0.2, 0.25) is 0 Å². The van der Waals surface area contributed by atoms with E-state index in [2.05, 4.69) is 14.7 Å². The Balaban J connectivity index is 1.27. The number of ether oxygens (including phenoxy) is 1. The summed E-state index contributed by atoms with van der Waals surface area (Å²) in [6.45, 7) is 5.67. The highest BCUT2D eigenvalue weighted by atomic mass is 19.1. The van der Waals surface area contributed by atoms with E-state index in [0.29, 0.717) is 77.0 Å². The molecule has 2 aromatic carbocycles. The molecule has 242 valence electrons. The third-order valence-corrected chi connectivity index (χ3v) is 10.5. The first kappa shape index (κ1) is 30.4. The summed E-state index contributed by atoms with van der Waals surface area (Å²) in [5, 5.41) is 32.8. The molecular formula is C34H43F2N5O4. The number of aliphatic hydroxyl groups is 2. The predicted molar refractivity (Wildman–Crippen MR) is 168 cm³/mol. The fourth-order valence-electron chi connectivity index (χ4n) is 8.25. The van der Waals surface area contributed by atoms with Gasteiger partial charge in [0.15, 0.2) is 0 Å². The Morgan fingerprint density at radius 3 is 2.80 bits per heavy atom. The number of aromatic nitrogens is 2. The van der Waals surface area contributed by atoms with Gasteiger partial charge < -0.3 is 29.9 Å². The first-order valence-electron chi connectivity index (χ1n) is 16.4. The summed E-state index contributed by atoms with van der Waals surface area (Å²) in [5.41, 5.74) is 2.80. The van der Waals surface area contributed by atoms with Crippen LogP contribution in [-0.2, 0) is 19.4 Å². The fraction of sp³-hybridized carbons (Fsp3) is 0.588. The van der Waals surface area contributed by atoms with Crippen molar-refractivity contribution in [1.29, 1.82) is 0 Å². The number of aryl methyl sites for hydroxylation is 1. The minimum Gasteiger partial charge on any atom is -0.508 e. The van der Waals surface area contributed by atoms with E-state index < -0.39 is 12.3 Å². The topological polar surface area (TPSA) is 105 Å². The number of halogens is 2. The zero-order valence-electron chi connectivity index (χ0n) is 25.9. The van der Waals surface area contributed by atoms with Crippen LogP contribution < -0.4 is 14.5 Å². The van der Waals surface area contributed by atoms with E-state index in [1.54, 1.807) is 18.2 Å². The Hall–Kier alpha value is -3.28. The Morgan fingerprint density at radius 1 is 1.11 bits per heavy atom. The van der Waals surface area contributed by atoms with E-state index in [0.717, 1.165) is 52.9 Å². The number of benzene rings is 2. The molecule has 0 radical (unpaired) electrons. The number of fused-ring (bicyclic) bond motifs is 3. The van der Waals surface area contributed by atoms with Gasteiger partial charge in [-0.2, -0.15) is 9.97 Å². The van der Waals surface area contributed by atoms with Gasteiger partial charge in [-0.05, 0) is 68.2 Å². The average Bonchev–Trinajstić information content (AvgIpc) is 3.48.